The van der Waals surface area contributed by atoms with Crippen molar-refractivity contribution in [3.8, 4) is 11.5 Å². The molecule has 1 N–H and O–H groups in total. The minimum Gasteiger partial charge on any atom is -0.493 e. The fourth-order valence-corrected chi connectivity index (χ4v) is 3.19. The highest BCUT2D eigenvalue weighted by Gasteiger charge is 2.14. The van der Waals surface area contributed by atoms with E-state index in [1.54, 1.807) is 7.11 Å². The molecule has 0 amide bonds. The predicted molar refractivity (Wildman–Crippen MR) is 116 cm³/mol. The molecule has 0 saturated carbocycles. The average molecular weight is 390 g/mol. The van der Waals surface area contributed by atoms with Crippen LogP contribution in [0.3, 0.4) is 0 Å². The maximum atomic E-state index is 5.81. The predicted octanol–water partition coefficient (Wildman–Crippen LogP) is 5.88. The topological polar surface area (TPSA) is 30.5 Å². The zero-order valence-electron chi connectivity index (χ0n) is 16.7. The van der Waals surface area contributed by atoms with E-state index < -0.39 is 0 Å². The number of nitrogens with one attached hydrogen (secondary N) is 1. The van der Waals surface area contributed by atoms with Gasteiger partial charge in [-0.2, -0.15) is 0 Å². The van der Waals surface area contributed by atoms with E-state index in [9.17, 15) is 0 Å². The molecule has 1 atom stereocenters. The van der Waals surface area contributed by atoms with Crippen LogP contribution in [0.4, 0.5) is 0 Å². The van der Waals surface area contributed by atoms with Crippen molar-refractivity contribution in [2.75, 3.05) is 13.7 Å². The van der Waals surface area contributed by atoms with E-state index >= 15 is 0 Å². The van der Waals surface area contributed by atoms with Crippen LogP contribution >= 0.6 is 12.4 Å². The molecule has 2 aromatic carbocycles. The third-order valence-corrected chi connectivity index (χ3v) is 4.40. The van der Waals surface area contributed by atoms with Gasteiger partial charge in [0.25, 0.3) is 0 Å². The molecule has 0 aliphatic rings. The largest absolute Gasteiger partial charge is 0.493 e. The van der Waals surface area contributed by atoms with E-state index in [0.717, 1.165) is 42.9 Å². The van der Waals surface area contributed by atoms with Gasteiger partial charge < -0.3 is 14.8 Å². The maximum absolute atomic E-state index is 5.81. The Hall–Kier alpha value is -1.97. The second kappa shape index (κ2) is 12.4. The number of halogens is 1. The van der Waals surface area contributed by atoms with Crippen LogP contribution < -0.4 is 14.8 Å². The number of hydrogen-bond donors (Lipinski definition) is 1. The van der Waals surface area contributed by atoms with E-state index in [4.69, 9.17) is 9.47 Å². The van der Waals surface area contributed by atoms with Gasteiger partial charge in [-0.1, -0.05) is 55.8 Å². The quantitative estimate of drug-likeness (QED) is 0.487. The molecule has 0 heterocycles. The number of benzene rings is 2. The minimum atomic E-state index is 0. The highest BCUT2D eigenvalue weighted by molar-refractivity contribution is 5.85. The van der Waals surface area contributed by atoms with Crippen LogP contribution in [0.1, 0.15) is 49.4 Å². The molecule has 2 rings (SSSR count). The fourth-order valence-electron chi connectivity index (χ4n) is 3.19. The molecule has 0 aromatic heterocycles. The van der Waals surface area contributed by atoms with Gasteiger partial charge in [0.15, 0.2) is 11.5 Å². The first-order valence-corrected chi connectivity index (χ1v) is 9.45. The van der Waals surface area contributed by atoms with Gasteiger partial charge in [-0.3, -0.25) is 0 Å². The number of hydrogen-bond acceptors (Lipinski definition) is 3. The third kappa shape index (κ3) is 6.60. The Morgan fingerprint density at radius 3 is 2.48 bits per heavy atom. The zero-order chi connectivity index (χ0) is 18.8. The van der Waals surface area contributed by atoms with Crippen LogP contribution in [0.5, 0.6) is 11.5 Å². The lowest BCUT2D eigenvalue weighted by Crippen LogP contribution is -2.21. The Balaban J connectivity index is 0.00000364. The van der Waals surface area contributed by atoms with Crippen molar-refractivity contribution >= 4 is 12.4 Å². The first-order valence-electron chi connectivity index (χ1n) is 9.45. The molecule has 2 aromatic rings. The Morgan fingerprint density at radius 2 is 1.89 bits per heavy atom. The fraction of sp³-hybridized carbons (Fsp3) is 0.391. The van der Waals surface area contributed by atoms with Gasteiger partial charge in [0.05, 0.1) is 13.7 Å². The van der Waals surface area contributed by atoms with Crippen LogP contribution in [0, 0.1) is 0 Å². The van der Waals surface area contributed by atoms with Gasteiger partial charge in [0.1, 0.15) is 0 Å². The molecule has 0 bridgehead atoms. The van der Waals surface area contributed by atoms with Gasteiger partial charge in [0, 0.05) is 18.2 Å². The molecule has 3 nitrogen and oxygen atoms in total. The first kappa shape index (κ1) is 23.1. The van der Waals surface area contributed by atoms with Gasteiger partial charge in [0.2, 0.25) is 0 Å². The Bertz CT molecular complexity index is 688. The summed E-state index contributed by atoms with van der Waals surface area (Å²) < 4.78 is 11.4. The summed E-state index contributed by atoms with van der Waals surface area (Å²) in [6.45, 7) is 9.48. The molecule has 27 heavy (non-hydrogen) atoms. The summed E-state index contributed by atoms with van der Waals surface area (Å²) >= 11 is 0. The maximum Gasteiger partial charge on any atom is 0.164 e. The monoisotopic (exact) mass is 389 g/mol. The molecular weight excluding hydrogens is 358 g/mol. The van der Waals surface area contributed by atoms with Crippen molar-refractivity contribution in [3.63, 3.8) is 0 Å². The molecule has 0 aliphatic heterocycles. The number of allylic oxidation sites excluding steroid dienone is 1. The van der Waals surface area contributed by atoms with Crippen LogP contribution in [0.2, 0.25) is 0 Å². The van der Waals surface area contributed by atoms with E-state index in [0.29, 0.717) is 12.6 Å². The van der Waals surface area contributed by atoms with Crippen molar-refractivity contribution in [1.82, 2.24) is 5.32 Å². The lowest BCUT2D eigenvalue weighted by molar-refractivity contribution is 0.307. The third-order valence-electron chi connectivity index (χ3n) is 4.40. The van der Waals surface area contributed by atoms with Gasteiger partial charge in [-0.15, -0.1) is 19.0 Å². The van der Waals surface area contributed by atoms with E-state index in [1.807, 2.05) is 13.0 Å². The van der Waals surface area contributed by atoms with Crippen molar-refractivity contribution in [1.29, 1.82) is 0 Å². The highest BCUT2D eigenvalue weighted by Crippen LogP contribution is 2.34. The number of ether oxygens (including phenoxy) is 2. The molecule has 4 heteroatoms. The van der Waals surface area contributed by atoms with E-state index in [-0.39, 0.29) is 12.4 Å². The smallest absolute Gasteiger partial charge is 0.164 e. The van der Waals surface area contributed by atoms with Gasteiger partial charge in [-0.05, 0) is 37.0 Å². The summed E-state index contributed by atoms with van der Waals surface area (Å²) in [5.74, 6) is 1.61. The van der Waals surface area contributed by atoms with Crippen LogP contribution in [-0.2, 0) is 13.0 Å². The molecular formula is C23H32ClNO2. The number of methoxy groups -OCH3 is 1. The SMILES string of the molecule is C=CCc1cc(CNC(CCC)c2ccccc2)cc(OC)c1OCC.Cl. The summed E-state index contributed by atoms with van der Waals surface area (Å²) in [7, 11) is 1.69. The average Bonchev–Trinajstić information content (AvgIpc) is 2.67. The molecule has 0 saturated heterocycles. The van der Waals surface area contributed by atoms with E-state index in [2.05, 4.69) is 61.3 Å². The Kier molecular flexibility index (Phi) is 10.6. The summed E-state index contributed by atoms with van der Waals surface area (Å²) in [6, 6.07) is 15.2. The molecule has 0 spiro atoms. The summed E-state index contributed by atoms with van der Waals surface area (Å²) in [6.07, 6.45) is 4.91. The Labute approximate surface area is 170 Å². The van der Waals surface area contributed by atoms with Crippen molar-refractivity contribution in [2.45, 2.75) is 45.7 Å². The van der Waals surface area contributed by atoms with Crippen molar-refractivity contribution in [3.05, 3.63) is 71.8 Å². The van der Waals surface area contributed by atoms with Crippen molar-refractivity contribution in [2.24, 2.45) is 0 Å². The molecule has 148 valence electrons. The van der Waals surface area contributed by atoms with E-state index in [1.165, 1.54) is 11.1 Å². The second-order valence-corrected chi connectivity index (χ2v) is 6.34. The van der Waals surface area contributed by atoms with Gasteiger partial charge >= 0.3 is 0 Å². The van der Waals surface area contributed by atoms with Crippen LogP contribution in [-0.4, -0.2) is 13.7 Å². The van der Waals surface area contributed by atoms with Gasteiger partial charge in [-0.25, -0.2) is 0 Å². The molecule has 0 aliphatic carbocycles. The lowest BCUT2D eigenvalue weighted by atomic mass is 10.0. The highest BCUT2D eigenvalue weighted by atomic mass is 35.5. The second-order valence-electron chi connectivity index (χ2n) is 6.34. The van der Waals surface area contributed by atoms with Crippen LogP contribution in [0.25, 0.3) is 0 Å². The molecule has 0 fully saturated rings. The standard InChI is InChI=1S/C23H31NO2.ClH/c1-5-11-20-15-18(16-22(25-4)23(20)26-7-3)17-24-21(12-6-2)19-13-9-8-10-14-19;/h5,8-10,13-16,21,24H,1,6-7,11-12,17H2,2-4H3;1H. The lowest BCUT2D eigenvalue weighted by Gasteiger charge is -2.20. The first-order chi connectivity index (χ1) is 12.7. The summed E-state index contributed by atoms with van der Waals surface area (Å²) in [5.41, 5.74) is 3.64. The van der Waals surface area contributed by atoms with Crippen molar-refractivity contribution < 1.29 is 9.47 Å². The normalized spacial score (nSPS) is 11.4. The molecule has 1 unspecified atom stereocenters. The Morgan fingerprint density at radius 1 is 1.15 bits per heavy atom. The molecule has 0 radical (unpaired) electrons. The zero-order valence-corrected chi connectivity index (χ0v) is 17.5. The summed E-state index contributed by atoms with van der Waals surface area (Å²) in [5, 5.41) is 3.70. The van der Waals surface area contributed by atoms with Crippen LogP contribution in [0.15, 0.2) is 55.1 Å². The summed E-state index contributed by atoms with van der Waals surface area (Å²) in [4.78, 5) is 0. The number of rotatable bonds is 11. The minimum absolute atomic E-state index is 0.